The summed E-state index contributed by atoms with van der Waals surface area (Å²) < 4.78 is 4.96. The van der Waals surface area contributed by atoms with Crippen LogP contribution in [0.3, 0.4) is 0 Å². The maximum atomic E-state index is 2.60. The van der Waals surface area contributed by atoms with Crippen molar-refractivity contribution in [3.8, 4) is 22.5 Å². The summed E-state index contributed by atoms with van der Waals surface area (Å²) in [7, 11) is 0. The van der Waals surface area contributed by atoms with E-state index in [4.69, 9.17) is 0 Å². The zero-order valence-electron chi connectivity index (χ0n) is 34.1. The van der Waals surface area contributed by atoms with Crippen molar-refractivity contribution in [1.82, 2.24) is 9.13 Å². The molecule has 3 heteroatoms. The molecular formula is C58H45N3. The third-order valence-corrected chi connectivity index (χ3v) is 15.7. The van der Waals surface area contributed by atoms with Crippen molar-refractivity contribution in [1.29, 1.82) is 0 Å². The Kier molecular flexibility index (Phi) is 7.01. The molecule has 0 saturated heterocycles. The lowest BCUT2D eigenvalue weighted by Gasteiger charge is -2.64. The minimum absolute atomic E-state index is 0.0937. The van der Waals surface area contributed by atoms with Crippen molar-refractivity contribution in [3.63, 3.8) is 0 Å². The second kappa shape index (κ2) is 12.6. The lowest BCUT2D eigenvalue weighted by atomic mass is 9.41. The summed E-state index contributed by atoms with van der Waals surface area (Å²) in [5.74, 6) is 3.26. The van der Waals surface area contributed by atoms with Gasteiger partial charge in [0.25, 0.3) is 0 Å². The summed E-state index contributed by atoms with van der Waals surface area (Å²) in [4.78, 5) is 2.60. The summed E-state index contributed by atoms with van der Waals surface area (Å²) >= 11 is 0. The largest absolute Gasteiger partial charge is 0.310 e. The predicted molar refractivity (Wildman–Crippen MR) is 253 cm³/mol. The number of hydrogen-bond acceptors (Lipinski definition) is 1. The van der Waals surface area contributed by atoms with Gasteiger partial charge in [-0.25, -0.2) is 0 Å². The van der Waals surface area contributed by atoms with E-state index in [0.717, 1.165) is 11.8 Å². The molecule has 0 amide bonds. The number of para-hydroxylation sites is 7. The third-order valence-electron chi connectivity index (χ3n) is 15.7. The molecule has 4 saturated carbocycles. The molecule has 10 aromatic rings. The van der Waals surface area contributed by atoms with Gasteiger partial charge < -0.3 is 14.0 Å². The fraction of sp³-hybridized carbons (Fsp3) is 0.172. The normalized spacial score (nSPS) is 20.9. The minimum atomic E-state index is 0.0937. The third kappa shape index (κ3) is 4.53. The quantitative estimate of drug-likeness (QED) is 0.173. The zero-order valence-corrected chi connectivity index (χ0v) is 34.1. The topological polar surface area (TPSA) is 13.1 Å². The number of rotatable bonds is 4. The molecule has 3 heterocycles. The molecule has 61 heavy (non-hydrogen) atoms. The van der Waals surface area contributed by atoms with Gasteiger partial charge in [-0.15, -0.1) is 0 Å². The molecule has 3 nitrogen and oxygen atoms in total. The van der Waals surface area contributed by atoms with Crippen LogP contribution in [-0.4, -0.2) is 9.13 Å². The van der Waals surface area contributed by atoms with Crippen LogP contribution >= 0.6 is 0 Å². The number of anilines is 3. The zero-order chi connectivity index (χ0) is 39.8. The summed E-state index contributed by atoms with van der Waals surface area (Å²) in [6, 6.07) is 70.8. The molecule has 0 radical (unpaired) electrons. The highest BCUT2D eigenvalue weighted by Gasteiger charge is 2.61. The number of nitrogens with zero attached hydrogens (tertiary/aromatic N) is 3. The highest BCUT2D eigenvalue weighted by molar-refractivity contribution is 6.12. The smallest absolute Gasteiger partial charge is 0.0542 e. The Morgan fingerprint density at radius 1 is 0.344 bits per heavy atom. The second-order valence-electron chi connectivity index (χ2n) is 18.5. The SMILES string of the molecule is c1ccc(-n2c3ccccc3c3ccccc32)c(-c2ccccc2-n2c3ccccc3c3cc(N4c5ccccc5C5(c6ccccc64)C4C[C@H]6C[C@@H](C4)C[C@@H]5C6)ccc32)c1. The van der Waals surface area contributed by atoms with Gasteiger partial charge in [-0.1, -0.05) is 127 Å². The maximum absolute atomic E-state index is 2.60. The molecule has 5 aliphatic rings. The molecule has 0 atom stereocenters. The van der Waals surface area contributed by atoms with Crippen LogP contribution in [-0.2, 0) is 5.41 Å². The van der Waals surface area contributed by atoms with Crippen LogP contribution in [0.2, 0.25) is 0 Å². The van der Waals surface area contributed by atoms with Crippen LogP contribution in [0.1, 0.15) is 43.2 Å². The van der Waals surface area contributed by atoms with Crippen molar-refractivity contribution in [2.45, 2.75) is 37.5 Å². The van der Waals surface area contributed by atoms with Crippen LogP contribution in [0.15, 0.2) is 188 Å². The average Bonchev–Trinajstić information content (AvgIpc) is 3.82. The highest BCUT2D eigenvalue weighted by Crippen LogP contribution is 2.69. The first-order chi connectivity index (χ1) is 30.3. The van der Waals surface area contributed by atoms with Gasteiger partial charge in [0.05, 0.1) is 44.8 Å². The maximum Gasteiger partial charge on any atom is 0.0542 e. The van der Waals surface area contributed by atoms with Crippen molar-refractivity contribution >= 4 is 60.7 Å². The fourth-order valence-corrected chi connectivity index (χ4v) is 13.7. The van der Waals surface area contributed by atoms with E-state index < -0.39 is 0 Å². The van der Waals surface area contributed by atoms with Crippen LogP contribution in [0.5, 0.6) is 0 Å². The van der Waals surface area contributed by atoms with E-state index in [0.29, 0.717) is 11.8 Å². The van der Waals surface area contributed by atoms with Crippen LogP contribution < -0.4 is 4.90 Å². The van der Waals surface area contributed by atoms with Gasteiger partial charge in [0.1, 0.15) is 0 Å². The van der Waals surface area contributed by atoms with E-state index in [1.165, 1.54) is 115 Å². The molecule has 2 aromatic heterocycles. The van der Waals surface area contributed by atoms with Crippen molar-refractivity contribution in [2.75, 3.05) is 4.90 Å². The lowest BCUT2D eigenvalue weighted by Crippen LogP contribution is -2.57. The molecule has 8 aromatic carbocycles. The van der Waals surface area contributed by atoms with Gasteiger partial charge in [0, 0.05) is 43.8 Å². The number of hydrogen-bond donors (Lipinski definition) is 0. The van der Waals surface area contributed by atoms with Crippen molar-refractivity contribution in [2.24, 2.45) is 23.7 Å². The van der Waals surface area contributed by atoms with Gasteiger partial charge >= 0.3 is 0 Å². The standard InChI is InChI=1S/C58H45N3/c1-8-22-50-42(15-1)43-16-2-9-23-51(43)60(50)52-24-10-3-17-44(52)45-18-4-11-25-53(45)61-54-26-12-5-19-46(54)47-36-41(29-30-55(47)61)59-56-27-13-6-20-48(56)58(49-21-7-14-28-57(49)59)39-32-37-31-38(34-39)35-40(58)33-37/h1-30,36-40H,31-35H2/t37-,38+,39-,40?. The Bertz CT molecular complexity index is 3290. The number of benzene rings is 8. The average molecular weight is 784 g/mol. The predicted octanol–water partition coefficient (Wildman–Crippen LogP) is 15.1. The molecule has 4 fully saturated rings. The highest BCUT2D eigenvalue weighted by atomic mass is 15.2. The summed E-state index contributed by atoms with van der Waals surface area (Å²) in [5.41, 5.74) is 16.8. The summed E-state index contributed by atoms with van der Waals surface area (Å²) in [6.07, 6.45) is 6.99. The van der Waals surface area contributed by atoms with Gasteiger partial charge in [-0.3, -0.25) is 0 Å². The van der Waals surface area contributed by atoms with E-state index >= 15 is 0 Å². The lowest BCUT2D eigenvalue weighted by molar-refractivity contribution is -0.0419. The first kappa shape index (κ1) is 33.9. The first-order valence-corrected chi connectivity index (χ1v) is 22.5. The Hall–Kier alpha value is -6.84. The number of fused-ring (bicyclic) bond motifs is 8. The molecule has 1 aliphatic heterocycles. The van der Waals surface area contributed by atoms with Crippen LogP contribution in [0, 0.1) is 23.7 Å². The van der Waals surface area contributed by atoms with Gasteiger partial charge in [-0.2, -0.15) is 0 Å². The molecule has 4 aliphatic carbocycles. The van der Waals surface area contributed by atoms with Gasteiger partial charge in [0.2, 0.25) is 0 Å². The van der Waals surface area contributed by atoms with E-state index in [1.807, 2.05) is 0 Å². The minimum Gasteiger partial charge on any atom is -0.310 e. The monoisotopic (exact) mass is 783 g/mol. The van der Waals surface area contributed by atoms with Gasteiger partial charge in [-0.05, 0) is 128 Å². The van der Waals surface area contributed by atoms with E-state index in [2.05, 4.69) is 202 Å². The molecule has 0 unspecified atom stereocenters. The number of aromatic nitrogens is 2. The van der Waals surface area contributed by atoms with Crippen LogP contribution in [0.4, 0.5) is 17.1 Å². The molecule has 15 rings (SSSR count). The summed E-state index contributed by atoms with van der Waals surface area (Å²) in [5, 5.41) is 5.07. The Labute approximate surface area is 356 Å². The summed E-state index contributed by atoms with van der Waals surface area (Å²) in [6.45, 7) is 0. The Morgan fingerprint density at radius 3 is 1.25 bits per heavy atom. The second-order valence-corrected chi connectivity index (χ2v) is 18.5. The van der Waals surface area contributed by atoms with Crippen LogP contribution in [0.25, 0.3) is 66.1 Å². The van der Waals surface area contributed by atoms with Gasteiger partial charge in [0.15, 0.2) is 0 Å². The molecule has 1 spiro atoms. The Balaban J connectivity index is 0.965. The van der Waals surface area contributed by atoms with Crippen molar-refractivity contribution in [3.05, 3.63) is 199 Å². The first-order valence-electron chi connectivity index (χ1n) is 22.5. The van der Waals surface area contributed by atoms with E-state index in [9.17, 15) is 0 Å². The molecular weight excluding hydrogens is 739 g/mol. The van der Waals surface area contributed by atoms with E-state index in [1.54, 1.807) is 11.1 Å². The van der Waals surface area contributed by atoms with E-state index in [-0.39, 0.29) is 5.41 Å². The molecule has 4 bridgehead atoms. The Morgan fingerprint density at radius 2 is 0.738 bits per heavy atom. The molecule has 0 N–H and O–H groups in total. The molecule has 292 valence electrons. The fourth-order valence-electron chi connectivity index (χ4n) is 13.7. The van der Waals surface area contributed by atoms with Crippen molar-refractivity contribution < 1.29 is 0 Å².